The average molecular weight is 432 g/mol. The van der Waals surface area contributed by atoms with Crippen molar-refractivity contribution in [3.05, 3.63) is 53.7 Å². The maximum absolute atomic E-state index is 11.7. The van der Waals surface area contributed by atoms with Crippen molar-refractivity contribution in [1.29, 1.82) is 0 Å². The fraction of sp³-hybridized carbons (Fsp3) is 0.0952. The molecule has 0 unspecified atom stereocenters. The van der Waals surface area contributed by atoms with Gasteiger partial charge in [0, 0.05) is 16.1 Å². The summed E-state index contributed by atoms with van der Waals surface area (Å²) in [6.45, 7) is 1.73. The zero-order valence-electron chi connectivity index (χ0n) is 16.3. The Labute approximate surface area is 180 Å². The second-order valence-corrected chi connectivity index (χ2v) is 8.00. The van der Waals surface area contributed by atoms with Crippen LogP contribution in [0.25, 0.3) is 22.4 Å². The quantitative estimate of drug-likeness (QED) is 0.383. The van der Waals surface area contributed by atoms with Crippen LogP contribution in [0, 0.1) is 6.92 Å². The molecule has 31 heavy (non-hydrogen) atoms. The summed E-state index contributed by atoms with van der Waals surface area (Å²) in [6.07, 6.45) is 1.59. The van der Waals surface area contributed by atoms with Crippen molar-refractivity contribution < 1.29 is 14.7 Å². The number of H-pyrrole nitrogens is 1. The number of hydrogen-bond acceptors (Lipinski definition) is 7. The molecule has 1 aliphatic rings. The van der Waals surface area contributed by atoms with Gasteiger partial charge in [0.15, 0.2) is 11.6 Å². The van der Waals surface area contributed by atoms with Gasteiger partial charge in [-0.1, -0.05) is 12.1 Å². The number of carbonyl (C=O) groups excluding carboxylic acids is 1. The van der Waals surface area contributed by atoms with E-state index in [2.05, 4.69) is 30.8 Å². The first-order valence-electron chi connectivity index (χ1n) is 9.38. The van der Waals surface area contributed by atoms with Crippen molar-refractivity contribution in [2.75, 3.05) is 16.4 Å². The average Bonchev–Trinajstić information content (AvgIpc) is 3.22. The van der Waals surface area contributed by atoms with Gasteiger partial charge < -0.3 is 15.7 Å². The van der Waals surface area contributed by atoms with Crippen LogP contribution in [0.5, 0.6) is 0 Å². The summed E-state index contributed by atoms with van der Waals surface area (Å²) >= 11 is 1.49. The van der Waals surface area contributed by atoms with Gasteiger partial charge in [0.2, 0.25) is 5.91 Å². The highest BCUT2D eigenvalue weighted by molar-refractivity contribution is 8.00. The van der Waals surface area contributed by atoms with Crippen molar-refractivity contribution in [3.8, 4) is 11.4 Å². The van der Waals surface area contributed by atoms with E-state index in [-0.39, 0.29) is 11.5 Å². The number of carboxylic acid groups (broad SMARTS) is 1. The van der Waals surface area contributed by atoms with E-state index in [4.69, 9.17) is 0 Å². The molecule has 154 valence electrons. The molecule has 1 aliphatic heterocycles. The van der Waals surface area contributed by atoms with Crippen LogP contribution in [0.2, 0.25) is 0 Å². The summed E-state index contributed by atoms with van der Waals surface area (Å²) in [5.74, 6) is 0.240. The summed E-state index contributed by atoms with van der Waals surface area (Å²) in [5, 5.41) is 22.5. The number of thioether (sulfide) groups is 1. The molecule has 2 aromatic carbocycles. The lowest BCUT2D eigenvalue weighted by atomic mass is 10.0. The maximum Gasteiger partial charge on any atom is 0.335 e. The Morgan fingerprint density at radius 2 is 2.10 bits per heavy atom. The topological polar surface area (TPSA) is 133 Å². The minimum Gasteiger partial charge on any atom is -0.478 e. The van der Waals surface area contributed by atoms with E-state index in [1.165, 1.54) is 11.8 Å². The Morgan fingerprint density at radius 3 is 2.94 bits per heavy atom. The third kappa shape index (κ3) is 3.46. The Hall–Kier alpha value is -3.92. The highest BCUT2D eigenvalue weighted by atomic mass is 32.2. The van der Waals surface area contributed by atoms with Crippen molar-refractivity contribution in [2.24, 2.45) is 0 Å². The van der Waals surface area contributed by atoms with Gasteiger partial charge in [-0.05, 0) is 36.8 Å². The molecule has 1 amide bonds. The molecule has 0 radical (unpaired) electrons. The molecular weight excluding hydrogens is 416 g/mol. The molecule has 0 saturated heterocycles. The lowest BCUT2D eigenvalue weighted by molar-refractivity contribution is -0.113. The van der Waals surface area contributed by atoms with E-state index in [0.29, 0.717) is 39.6 Å². The number of carboxylic acids is 1. The summed E-state index contributed by atoms with van der Waals surface area (Å²) in [6, 6.07) is 10.7. The number of nitrogens with zero attached hydrogens (tertiary/aromatic N) is 3. The van der Waals surface area contributed by atoms with Crippen molar-refractivity contribution in [3.63, 3.8) is 0 Å². The predicted octanol–water partition coefficient (Wildman–Crippen LogP) is 3.81. The monoisotopic (exact) mass is 432 g/mol. The predicted molar refractivity (Wildman–Crippen MR) is 118 cm³/mol. The van der Waals surface area contributed by atoms with E-state index >= 15 is 0 Å². The van der Waals surface area contributed by atoms with Gasteiger partial charge in [0.1, 0.15) is 11.0 Å². The molecule has 0 fully saturated rings. The largest absolute Gasteiger partial charge is 0.478 e. The Balaban J connectivity index is 1.59. The van der Waals surface area contributed by atoms with Crippen molar-refractivity contribution in [1.82, 2.24) is 20.2 Å². The molecule has 9 nitrogen and oxygen atoms in total. The minimum atomic E-state index is -1.00. The molecule has 0 bridgehead atoms. The Kier molecular flexibility index (Phi) is 4.55. The highest BCUT2D eigenvalue weighted by Crippen LogP contribution is 2.35. The molecule has 2 aromatic heterocycles. The third-order valence-electron chi connectivity index (χ3n) is 4.98. The lowest BCUT2D eigenvalue weighted by Crippen LogP contribution is -2.18. The first kappa shape index (κ1) is 19.1. The summed E-state index contributed by atoms with van der Waals surface area (Å²) in [4.78, 5) is 33.4. The fourth-order valence-corrected chi connectivity index (χ4v) is 4.25. The van der Waals surface area contributed by atoms with E-state index in [1.54, 1.807) is 31.3 Å². The van der Waals surface area contributed by atoms with Crippen LogP contribution in [0.4, 0.5) is 17.2 Å². The zero-order chi connectivity index (χ0) is 21.5. The maximum atomic E-state index is 11.7. The number of hydrogen-bond donors (Lipinski definition) is 4. The third-order valence-corrected chi connectivity index (χ3v) is 6.05. The smallest absolute Gasteiger partial charge is 0.335 e. The van der Waals surface area contributed by atoms with Gasteiger partial charge in [0.25, 0.3) is 0 Å². The van der Waals surface area contributed by atoms with Crippen LogP contribution in [-0.2, 0) is 4.79 Å². The van der Waals surface area contributed by atoms with E-state index < -0.39 is 5.97 Å². The Bertz CT molecular complexity index is 1370. The second kappa shape index (κ2) is 7.40. The minimum absolute atomic E-state index is 0.0382. The van der Waals surface area contributed by atoms with Crippen LogP contribution in [0.15, 0.2) is 47.5 Å². The molecule has 10 heteroatoms. The highest BCUT2D eigenvalue weighted by Gasteiger charge is 2.18. The molecule has 0 saturated carbocycles. The number of aromatic amines is 1. The number of benzene rings is 2. The van der Waals surface area contributed by atoms with Gasteiger partial charge in [-0.25, -0.2) is 14.8 Å². The van der Waals surface area contributed by atoms with Crippen LogP contribution < -0.4 is 10.6 Å². The standard InChI is InChI=1S/C21H16N6O3S/c1-10-12(3-2-4-13(10)21(29)30)19-25-15-8-22-27-18(15)20(26-19)23-11-5-6-16-14(7-11)24-17(28)9-31-16/h2-8H,9H2,1H3,(H,22,27)(H,24,28)(H,29,30)(H,23,25,26). The number of aromatic nitrogens is 4. The number of carbonyl (C=O) groups is 2. The van der Waals surface area contributed by atoms with E-state index in [1.807, 2.05) is 18.2 Å². The first-order valence-corrected chi connectivity index (χ1v) is 10.4. The fourth-order valence-electron chi connectivity index (χ4n) is 3.46. The van der Waals surface area contributed by atoms with Crippen LogP contribution in [0.3, 0.4) is 0 Å². The van der Waals surface area contributed by atoms with Crippen molar-refractivity contribution >= 4 is 51.9 Å². The molecule has 5 rings (SSSR count). The summed E-state index contributed by atoms with van der Waals surface area (Å²) in [5.41, 5.74) is 4.09. The van der Waals surface area contributed by atoms with Gasteiger partial charge >= 0.3 is 5.97 Å². The zero-order valence-corrected chi connectivity index (χ0v) is 17.1. The second-order valence-electron chi connectivity index (χ2n) is 6.98. The molecule has 0 spiro atoms. The number of fused-ring (bicyclic) bond motifs is 2. The van der Waals surface area contributed by atoms with Crippen LogP contribution >= 0.6 is 11.8 Å². The number of rotatable bonds is 4. The normalized spacial score (nSPS) is 13.0. The van der Waals surface area contributed by atoms with Gasteiger partial charge in [0.05, 0.1) is 23.2 Å². The summed E-state index contributed by atoms with van der Waals surface area (Å²) in [7, 11) is 0. The number of anilines is 3. The molecule has 3 heterocycles. The van der Waals surface area contributed by atoms with E-state index in [0.717, 1.165) is 16.3 Å². The molecule has 4 N–H and O–H groups in total. The molecule has 0 aliphatic carbocycles. The first-order chi connectivity index (χ1) is 15.0. The molecule has 0 atom stereocenters. The number of aromatic carboxylic acids is 1. The SMILES string of the molecule is Cc1c(C(=O)O)cccc1-c1nc(Nc2ccc3c(c2)NC(=O)CS3)c2[nH]ncc2n1. The molecular formula is C21H16N6O3S. The van der Waals surface area contributed by atoms with Gasteiger partial charge in [-0.3, -0.25) is 9.89 Å². The van der Waals surface area contributed by atoms with Crippen molar-refractivity contribution in [2.45, 2.75) is 11.8 Å². The van der Waals surface area contributed by atoms with Crippen LogP contribution in [-0.4, -0.2) is 42.9 Å². The lowest BCUT2D eigenvalue weighted by Gasteiger charge is -2.17. The molecule has 4 aromatic rings. The van der Waals surface area contributed by atoms with E-state index in [9.17, 15) is 14.7 Å². The number of amides is 1. The Morgan fingerprint density at radius 1 is 1.23 bits per heavy atom. The number of nitrogens with one attached hydrogen (secondary N) is 3. The van der Waals surface area contributed by atoms with Gasteiger partial charge in [-0.15, -0.1) is 11.8 Å². The van der Waals surface area contributed by atoms with Gasteiger partial charge in [-0.2, -0.15) is 5.10 Å². The van der Waals surface area contributed by atoms with Crippen LogP contribution in [0.1, 0.15) is 15.9 Å². The summed E-state index contributed by atoms with van der Waals surface area (Å²) < 4.78 is 0.